The molecule has 1 saturated heterocycles. The molecule has 3 saturated carbocycles. The lowest BCUT2D eigenvalue weighted by atomic mass is 9.59. The fraction of sp³-hybridized carbons (Fsp3) is 0.714. The SMILES string of the molecule is C[C@@H](CO)n1cncc1-c1cc(C23CCC(COC4CCCCO4)(C2)C3)[nH]n1. The molecule has 2 bridgehead atoms. The number of hydrogen-bond acceptors (Lipinski definition) is 5. The monoisotopic (exact) mass is 386 g/mol. The number of ether oxygens (including phenoxy) is 2. The number of nitrogens with one attached hydrogen (secondary N) is 1. The van der Waals surface area contributed by atoms with E-state index in [0.717, 1.165) is 37.4 Å². The molecule has 0 radical (unpaired) electrons. The predicted octanol–water partition coefficient (Wildman–Crippen LogP) is 3.18. The standard InChI is InChI=1S/C21H30N4O3/c1-15(10-26)25-14-22-9-17(25)16-8-18(24-23-16)21-6-5-20(11-21,12-21)13-28-19-4-2-3-7-27-19/h8-9,14-15,19,26H,2-7,10-13H2,1H3,(H,23,24)/t15-,19?,20?,21?/m0/s1. The van der Waals surface area contributed by atoms with Crippen LogP contribution in [0.15, 0.2) is 18.6 Å². The van der Waals surface area contributed by atoms with Crippen molar-refractivity contribution in [3.05, 3.63) is 24.3 Å². The molecule has 2 aromatic rings. The van der Waals surface area contributed by atoms with Crippen LogP contribution in [-0.2, 0) is 14.9 Å². The molecule has 7 nitrogen and oxygen atoms in total. The summed E-state index contributed by atoms with van der Waals surface area (Å²) in [4.78, 5) is 4.25. The normalized spacial score (nSPS) is 33.0. The van der Waals surface area contributed by atoms with Crippen LogP contribution in [0.25, 0.3) is 11.4 Å². The zero-order chi connectivity index (χ0) is 19.2. The van der Waals surface area contributed by atoms with Crippen LogP contribution in [-0.4, -0.2) is 51.0 Å². The van der Waals surface area contributed by atoms with Crippen molar-refractivity contribution < 1.29 is 14.6 Å². The predicted molar refractivity (Wildman–Crippen MR) is 104 cm³/mol. The van der Waals surface area contributed by atoms with E-state index in [0.29, 0.717) is 5.41 Å². The molecule has 152 valence electrons. The van der Waals surface area contributed by atoms with Crippen LogP contribution in [0.4, 0.5) is 0 Å². The third kappa shape index (κ3) is 3.00. The summed E-state index contributed by atoms with van der Waals surface area (Å²) in [5.41, 5.74) is 3.61. The Kier molecular flexibility index (Phi) is 4.56. The number of aliphatic hydroxyl groups excluding tert-OH is 1. The Morgan fingerprint density at radius 3 is 3.07 bits per heavy atom. The quantitative estimate of drug-likeness (QED) is 0.763. The van der Waals surface area contributed by atoms with E-state index in [-0.39, 0.29) is 24.4 Å². The van der Waals surface area contributed by atoms with E-state index in [4.69, 9.17) is 9.47 Å². The summed E-state index contributed by atoms with van der Waals surface area (Å²) in [5.74, 6) is 0. The lowest BCUT2D eigenvalue weighted by Gasteiger charge is -2.47. The summed E-state index contributed by atoms with van der Waals surface area (Å²) in [7, 11) is 0. The molecule has 6 rings (SSSR count). The molecule has 2 N–H and O–H groups in total. The smallest absolute Gasteiger partial charge is 0.157 e. The minimum Gasteiger partial charge on any atom is -0.394 e. The summed E-state index contributed by atoms with van der Waals surface area (Å²) in [6, 6.07) is 2.16. The van der Waals surface area contributed by atoms with E-state index in [1.807, 2.05) is 17.7 Å². The van der Waals surface area contributed by atoms with Crippen LogP contribution in [0.2, 0.25) is 0 Å². The van der Waals surface area contributed by atoms with E-state index < -0.39 is 0 Å². The third-order valence-electron chi connectivity index (χ3n) is 7.09. The van der Waals surface area contributed by atoms with Crippen molar-refractivity contribution in [3.63, 3.8) is 0 Å². The molecule has 4 fully saturated rings. The van der Waals surface area contributed by atoms with E-state index in [1.165, 1.54) is 37.8 Å². The van der Waals surface area contributed by atoms with E-state index in [1.54, 1.807) is 6.33 Å². The molecule has 28 heavy (non-hydrogen) atoms. The average Bonchev–Trinajstić information content (AvgIpc) is 3.48. The van der Waals surface area contributed by atoms with E-state index in [2.05, 4.69) is 21.2 Å². The highest BCUT2D eigenvalue weighted by Gasteiger charge is 2.62. The first-order valence-corrected chi connectivity index (χ1v) is 10.6. The molecule has 0 amide bonds. The number of aromatic amines is 1. The van der Waals surface area contributed by atoms with Crippen LogP contribution < -0.4 is 0 Å². The van der Waals surface area contributed by atoms with Gasteiger partial charge in [-0.15, -0.1) is 0 Å². The number of hydrogen-bond donors (Lipinski definition) is 2. The summed E-state index contributed by atoms with van der Waals surface area (Å²) in [6.45, 7) is 3.72. The Morgan fingerprint density at radius 2 is 2.29 bits per heavy atom. The fourth-order valence-electron chi connectivity index (χ4n) is 5.52. The van der Waals surface area contributed by atoms with Crippen LogP contribution in [0.1, 0.15) is 63.6 Å². The molecule has 4 aliphatic rings. The summed E-state index contributed by atoms with van der Waals surface area (Å²) in [6.07, 6.45) is 11.7. The van der Waals surface area contributed by atoms with Gasteiger partial charge in [-0.1, -0.05) is 0 Å². The number of imidazole rings is 1. The number of nitrogens with zero attached hydrogens (tertiary/aromatic N) is 3. The zero-order valence-corrected chi connectivity index (χ0v) is 16.6. The van der Waals surface area contributed by atoms with Gasteiger partial charge in [-0.3, -0.25) is 5.10 Å². The summed E-state index contributed by atoms with van der Waals surface area (Å²) >= 11 is 0. The molecule has 1 unspecified atom stereocenters. The fourth-order valence-corrected chi connectivity index (χ4v) is 5.52. The first-order valence-electron chi connectivity index (χ1n) is 10.6. The van der Waals surface area contributed by atoms with Gasteiger partial charge in [0.1, 0.15) is 5.69 Å². The van der Waals surface area contributed by atoms with Crippen molar-refractivity contribution in [1.82, 2.24) is 19.7 Å². The van der Waals surface area contributed by atoms with Crippen molar-refractivity contribution in [2.45, 2.75) is 69.6 Å². The van der Waals surface area contributed by atoms with Gasteiger partial charge in [0, 0.05) is 17.7 Å². The minimum atomic E-state index is -0.0159. The molecule has 0 spiro atoms. The Morgan fingerprint density at radius 1 is 1.39 bits per heavy atom. The first kappa shape index (κ1) is 18.3. The van der Waals surface area contributed by atoms with Gasteiger partial charge < -0.3 is 19.1 Å². The van der Waals surface area contributed by atoms with Gasteiger partial charge in [0.05, 0.1) is 37.5 Å². The molecule has 7 heteroatoms. The van der Waals surface area contributed by atoms with Crippen LogP contribution >= 0.6 is 0 Å². The summed E-state index contributed by atoms with van der Waals surface area (Å²) in [5, 5.41) is 17.4. The second-order valence-corrected chi connectivity index (χ2v) is 9.13. The van der Waals surface area contributed by atoms with Gasteiger partial charge in [-0.2, -0.15) is 5.10 Å². The van der Waals surface area contributed by atoms with Gasteiger partial charge in [0.15, 0.2) is 6.29 Å². The second kappa shape index (κ2) is 6.97. The maximum atomic E-state index is 9.48. The lowest BCUT2D eigenvalue weighted by Crippen LogP contribution is -2.44. The number of aromatic nitrogens is 4. The van der Waals surface area contributed by atoms with E-state index >= 15 is 0 Å². The van der Waals surface area contributed by atoms with Gasteiger partial charge in [0.2, 0.25) is 0 Å². The molecular weight excluding hydrogens is 356 g/mol. The topological polar surface area (TPSA) is 85.2 Å². The molecule has 0 aromatic carbocycles. The Hall–Kier alpha value is -1.70. The van der Waals surface area contributed by atoms with Gasteiger partial charge in [-0.25, -0.2) is 4.98 Å². The third-order valence-corrected chi connectivity index (χ3v) is 7.09. The Labute approximate surface area is 165 Å². The van der Waals surface area contributed by atoms with Gasteiger partial charge in [-0.05, 0) is 63.4 Å². The molecular formula is C21H30N4O3. The molecule has 2 atom stereocenters. The number of rotatable bonds is 7. The second-order valence-electron chi connectivity index (χ2n) is 9.13. The first-order chi connectivity index (χ1) is 13.6. The molecule has 3 aliphatic carbocycles. The highest BCUT2D eigenvalue weighted by molar-refractivity contribution is 5.55. The average molecular weight is 386 g/mol. The number of H-pyrrole nitrogens is 1. The zero-order valence-electron chi connectivity index (χ0n) is 16.6. The van der Waals surface area contributed by atoms with Crippen molar-refractivity contribution in [1.29, 1.82) is 0 Å². The maximum Gasteiger partial charge on any atom is 0.157 e. The molecule has 1 aliphatic heterocycles. The van der Waals surface area contributed by atoms with Crippen molar-refractivity contribution >= 4 is 0 Å². The number of aliphatic hydroxyl groups is 1. The van der Waals surface area contributed by atoms with Gasteiger partial charge in [0.25, 0.3) is 0 Å². The lowest BCUT2D eigenvalue weighted by molar-refractivity contribution is -0.186. The van der Waals surface area contributed by atoms with Gasteiger partial charge >= 0.3 is 0 Å². The van der Waals surface area contributed by atoms with E-state index in [9.17, 15) is 5.11 Å². The van der Waals surface area contributed by atoms with Crippen LogP contribution in [0.5, 0.6) is 0 Å². The maximum absolute atomic E-state index is 9.48. The summed E-state index contributed by atoms with van der Waals surface area (Å²) < 4.78 is 13.8. The molecule has 3 heterocycles. The van der Waals surface area contributed by atoms with Crippen molar-refractivity contribution in [2.75, 3.05) is 19.8 Å². The van der Waals surface area contributed by atoms with Crippen LogP contribution in [0, 0.1) is 5.41 Å². The Balaban J connectivity index is 1.26. The van der Waals surface area contributed by atoms with Crippen molar-refractivity contribution in [2.24, 2.45) is 5.41 Å². The highest BCUT2D eigenvalue weighted by Crippen LogP contribution is 2.67. The number of fused-ring (bicyclic) bond motifs is 1. The minimum absolute atomic E-state index is 0.00582. The van der Waals surface area contributed by atoms with Crippen molar-refractivity contribution in [3.8, 4) is 11.4 Å². The Bertz CT molecular complexity index is 817. The van der Waals surface area contributed by atoms with Crippen LogP contribution in [0.3, 0.4) is 0 Å². The molecule has 2 aromatic heterocycles. The largest absolute Gasteiger partial charge is 0.394 e. The highest BCUT2D eigenvalue weighted by atomic mass is 16.7.